The van der Waals surface area contributed by atoms with E-state index >= 15 is 0 Å². The van der Waals surface area contributed by atoms with Crippen molar-refractivity contribution in [2.24, 2.45) is 71.0 Å². The van der Waals surface area contributed by atoms with Gasteiger partial charge in [0.25, 0.3) is 0 Å². The van der Waals surface area contributed by atoms with Gasteiger partial charge in [-0.1, -0.05) is 103 Å². The first kappa shape index (κ1) is 96.5. The Kier molecular flexibility index (Phi) is 38.3. The van der Waals surface area contributed by atoms with Crippen molar-refractivity contribution in [3.05, 3.63) is 117 Å². The van der Waals surface area contributed by atoms with Crippen LogP contribution < -0.4 is 18.9 Å². The first-order valence-corrected chi connectivity index (χ1v) is 45.1. The van der Waals surface area contributed by atoms with E-state index in [2.05, 4.69) is 31.2 Å². The van der Waals surface area contributed by atoms with Gasteiger partial charge in [-0.2, -0.15) is 0 Å². The van der Waals surface area contributed by atoms with E-state index in [9.17, 15) is 58.8 Å². The summed E-state index contributed by atoms with van der Waals surface area (Å²) in [4.78, 5) is 90.8. The van der Waals surface area contributed by atoms with E-state index < -0.39 is 23.9 Å². The van der Waals surface area contributed by atoms with Crippen LogP contribution in [0.2, 0.25) is 0 Å². The van der Waals surface area contributed by atoms with Crippen molar-refractivity contribution >= 4 is 47.8 Å². The van der Waals surface area contributed by atoms with Crippen molar-refractivity contribution in [2.45, 2.75) is 297 Å². The second kappa shape index (κ2) is 48.1. The summed E-state index contributed by atoms with van der Waals surface area (Å²) in [5.74, 6) is 1.70. The molecule has 25 heteroatoms. The molecule has 0 spiro atoms. The van der Waals surface area contributed by atoms with Crippen LogP contribution in [0.25, 0.3) is 0 Å². The number of aliphatic hydroxyl groups excluding tert-OH is 4. The van der Waals surface area contributed by atoms with Gasteiger partial charge in [-0.3, -0.25) is 14.4 Å². The second-order valence-corrected chi connectivity index (χ2v) is 34.7. The molecule has 25 nitrogen and oxygen atoms in total. The van der Waals surface area contributed by atoms with Crippen LogP contribution in [-0.2, 0) is 113 Å². The van der Waals surface area contributed by atoms with Gasteiger partial charge >= 0.3 is 47.8 Å². The highest BCUT2D eigenvalue weighted by molar-refractivity contribution is 5.72. The Morgan fingerprint density at radius 1 is 0.339 bits per heavy atom. The topological polar surface area (TPSA) is 381 Å². The maximum Gasteiger partial charge on any atom is 0.341 e. The highest BCUT2D eigenvalue weighted by atomic mass is 16.6. The lowest BCUT2D eigenvalue weighted by molar-refractivity contribution is -0.155. The average Bonchev–Trinajstić information content (AvgIpc) is 1.67. The van der Waals surface area contributed by atoms with Crippen molar-refractivity contribution in [3.63, 3.8) is 0 Å². The summed E-state index contributed by atoms with van der Waals surface area (Å²) in [6, 6.07) is 23.3. The Hall–Kier alpha value is -8.36. The van der Waals surface area contributed by atoms with Crippen molar-refractivity contribution in [1.29, 1.82) is 0 Å². The van der Waals surface area contributed by atoms with Gasteiger partial charge in [0, 0.05) is 25.9 Å². The fourth-order valence-corrected chi connectivity index (χ4v) is 20.9. The summed E-state index contributed by atoms with van der Waals surface area (Å²) in [5, 5.41) is 78.8. The average molecular weight is 1690 g/mol. The molecule has 0 aromatic heterocycles. The monoisotopic (exact) mass is 1690 g/mol. The van der Waals surface area contributed by atoms with Crippen molar-refractivity contribution in [1.82, 2.24) is 0 Å². The molecule has 8 N–H and O–H groups in total. The van der Waals surface area contributed by atoms with Crippen LogP contribution >= 0.6 is 0 Å². The van der Waals surface area contributed by atoms with Crippen LogP contribution in [-0.4, -0.2) is 177 Å². The number of hydrogen-bond donors (Lipinski definition) is 8. The van der Waals surface area contributed by atoms with Gasteiger partial charge < -0.3 is 83.5 Å². The molecule has 4 saturated carbocycles. The van der Waals surface area contributed by atoms with Crippen LogP contribution in [0.15, 0.2) is 72.8 Å². The Balaban J connectivity index is 0.000000183. The number of fused-ring (bicyclic) bond motifs is 8. The third-order valence-corrected chi connectivity index (χ3v) is 27.0. The molecule has 0 amide bonds. The minimum Gasteiger partial charge on any atom is -0.482 e. The number of carboxylic acid groups (broad SMARTS) is 4. The SMILES string of the molecule is CCC(=O)O[C@@H](CC)CC[C@@H]1[C@H]2Cc3cccc(OCC(=O)O)c3C[C@H]2C[C@H]1O.CCCC(=O)O[C@@H](CC)CC[C@@H]1[C@H]2Cc3cccc(OCC(=O)O)c3C[C@H]2C[C@H]1O.CCCCC(=O)O[C@@H](CC)CC[C@@H]1[C@H]2Cc3cccc(OCC(=O)O)c3C[C@H]2C[C@H]1O.CCOCC(=O)O[C@@H](CC)CC[C@@H]1[C@H]2Cc3cccc(OCC(=O)O)c3C[C@H]2C[C@H]1O. The summed E-state index contributed by atoms with van der Waals surface area (Å²) in [5.41, 5.74) is 9.11. The van der Waals surface area contributed by atoms with Crippen LogP contribution in [0.5, 0.6) is 23.0 Å². The standard InChI is InChI=1S/C25H36O6.C24H34O7.C24H34O6.C23H32O6/c1-3-5-9-25(29)31-18(4-2)10-11-19-20-12-16-7-6-8-23(30-15-24(27)28)21(16)13-17(20)14-22(19)26;1-3-17(31-24(28)14-29-4-2)8-9-18-19-10-15-6-5-7-22(30-13-23(26)27)20(15)11-16(19)12-21(18)25;1-3-6-24(28)30-17(4-2)9-10-18-19-11-15-7-5-8-22(29-14-23(26)27)20(15)12-16(19)13-21(18)25;1-3-16(29-23(27)4-2)8-9-17-18-10-14-6-5-7-21(28-13-22(25)26)19(14)11-15(18)12-20(17)24/h6-8,17-20,22,26H,3-5,9-15H2,1-2H3,(H,27,28);5-7,16-19,21,25H,3-4,8-14H2,1-2H3,(H,26,27);5,7-8,16-19,21,25H,3-4,6,9-14H2,1-2H3,(H,26,27);5-7,15-18,20,24H,3-4,8-13H2,1-2H3,(H,25,26)/t17-,18-,19+,20-,22+;2*16-,17-,18+,19-,21+;15-,16-,17+,18-,20+/m0000/s1. The number of ether oxygens (including phenoxy) is 9. The molecule has 670 valence electrons. The molecule has 4 aromatic rings. The predicted octanol–water partition coefficient (Wildman–Crippen LogP) is 14.3. The molecular formula is C96H136O25. The molecule has 0 unspecified atom stereocenters. The lowest BCUT2D eigenvalue weighted by Gasteiger charge is -2.32. The molecule has 0 radical (unpaired) electrons. The van der Waals surface area contributed by atoms with Crippen LogP contribution in [0.4, 0.5) is 0 Å². The molecule has 8 aliphatic rings. The van der Waals surface area contributed by atoms with E-state index in [4.69, 9.17) is 63.1 Å². The van der Waals surface area contributed by atoms with Gasteiger partial charge in [-0.25, -0.2) is 24.0 Å². The van der Waals surface area contributed by atoms with Crippen LogP contribution in [0, 0.1) is 71.0 Å². The lowest BCUT2D eigenvalue weighted by Crippen LogP contribution is -2.29. The molecule has 0 heterocycles. The number of unbranched alkanes of at least 4 members (excludes halogenated alkanes) is 1. The Labute approximate surface area is 714 Å². The first-order chi connectivity index (χ1) is 58.2. The summed E-state index contributed by atoms with van der Waals surface area (Å²) in [6.07, 6.45) is 21.4. The zero-order valence-electron chi connectivity index (χ0n) is 72.4. The number of rotatable bonds is 41. The highest BCUT2D eigenvalue weighted by Gasteiger charge is 2.50. The molecule has 8 aliphatic carbocycles. The number of benzene rings is 4. The fraction of sp³-hybridized carbons (Fsp3) is 0.667. The maximum atomic E-state index is 12.0. The molecule has 121 heavy (non-hydrogen) atoms. The quantitative estimate of drug-likeness (QED) is 0.0151. The van der Waals surface area contributed by atoms with Gasteiger partial charge in [0.1, 0.15) is 54.0 Å². The smallest absolute Gasteiger partial charge is 0.341 e. The Bertz CT molecular complexity index is 3880. The largest absolute Gasteiger partial charge is 0.482 e. The molecule has 20 atom stereocenters. The third-order valence-electron chi connectivity index (χ3n) is 27.0. The summed E-state index contributed by atoms with van der Waals surface area (Å²) < 4.78 is 49.5. The first-order valence-electron chi connectivity index (χ1n) is 45.1. The van der Waals surface area contributed by atoms with Crippen molar-refractivity contribution in [3.8, 4) is 23.0 Å². The van der Waals surface area contributed by atoms with E-state index in [1.54, 1.807) is 6.92 Å². The van der Waals surface area contributed by atoms with Crippen molar-refractivity contribution < 1.29 is 122 Å². The van der Waals surface area contributed by atoms with Gasteiger partial charge in [0.05, 0.1) is 24.4 Å². The second-order valence-electron chi connectivity index (χ2n) is 34.7. The maximum absolute atomic E-state index is 12.0. The van der Waals surface area contributed by atoms with Gasteiger partial charge in [-0.15, -0.1) is 0 Å². The normalized spacial score (nSPS) is 25.7. The molecular weight excluding hydrogens is 1550 g/mol. The minimum atomic E-state index is -0.991. The number of hydrogen-bond acceptors (Lipinski definition) is 21. The molecule has 4 aromatic carbocycles. The van der Waals surface area contributed by atoms with Crippen molar-refractivity contribution in [2.75, 3.05) is 39.6 Å². The molecule has 4 fully saturated rings. The van der Waals surface area contributed by atoms with Crippen LogP contribution in [0.3, 0.4) is 0 Å². The Morgan fingerprint density at radius 3 is 0.860 bits per heavy atom. The third kappa shape index (κ3) is 27.6. The summed E-state index contributed by atoms with van der Waals surface area (Å²) >= 11 is 0. The van der Waals surface area contributed by atoms with E-state index in [1.165, 1.54) is 22.3 Å². The summed E-state index contributed by atoms with van der Waals surface area (Å²) in [6.45, 7) is 14.9. The predicted molar refractivity (Wildman–Crippen MR) is 451 cm³/mol. The van der Waals surface area contributed by atoms with E-state index in [-0.39, 0.29) is 129 Å². The van der Waals surface area contributed by atoms with Gasteiger partial charge in [-0.05, 0) is 314 Å². The molecule has 12 rings (SSSR count). The Morgan fingerprint density at radius 2 is 0.612 bits per heavy atom. The minimum absolute atomic E-state index is 0.0210. The number of carbonyl (C=O) groups is 8. The number of carbonyl (C=O) groups excluding carboxylic acids is 4. The molecule has 0 aliphatic heterocycles. The molecule has 0 bridgehead atoms. The van der Waals surface area contributed by atoms with E-state index in [0.717, 1.165) is 196 Å². The van der Waals surface area contributed by atoms with E-state index in [1.807, 2.05) is 90.1 Å². The number of esters is 4. The number of aliphatic hydroxyl groups is 4. The van der Waals surface area contributed by atoms with Crippen LogP contribution in [0.1, 0.15) is 241 Å². The van der Waals surface area contributed by atoms with Gasteiger partial charge in [0.2, 0.25) is 0 Å². The highest BCUT2D eigenvalue weighted by Crippen LogP contribution is 2.53. The zero-order valence-corrected chi connectivity index (χ0v) is 72.4. The molecule has 0 saturated heterocycles. The summed E-state index contributed by atoms with van der Waals surface area (Å²) in [7, 11) is 0. The zero-order chi connectivity index (χ0) is 87.4. The number of aliphatic carboxylic acids is 4. The fourth-order valence-electron chi connectivity index (χ4n) is 20.9. The number of carboxylic acids is 4. The lowest BCUT2D eigenvalue weighted by atomic mass is 9.73. The van der Waals surface area contributed by atoms with E-state index in [0.29, 0.717) is 96.2 Å². The van der Waals surface area contributed by atoms with Gasteiger partial charge in [0.15, 0.2) is 26.4 Å².